The predicted molar refractivity (Wildman–Crippen MR) is 59.9 cm³/mol. The Balaban J connectivity index is 4.36. The Bertz CT molecular complexity index is 199. The molecular formula is C11H22N2O. The van der Waals surface area contributed by atoms with Crippen molar-refractivity contribution in [2.24, 2.45) is 11.1 Å². The summed E-state index contributed by atoms with van der Waals surface area (Å²) in [6.45, 7) is 11.7. The van der Waals surface area contributed by atoms with Crippen molar-refractivity contribution in [3.63, 3.8) is 0 Å². The topological polar surface area (TPSA) is 46.3 Å². The second kappa shape index (κ2) is 5.81. The molecule has 14 heavy (non-hydrogen) atoms. The van der Waals surface area contributed by atoms with Gasteiger partial charge in [-0.1, -0.05) is 27.4 Å². The van der Waals surface area contributed by atoms with Crippen LogP contribution in [0.15, 0.2) is 12.7 Å². The smallest absolute Gasteiger partial charge is 0.245 e. The fraction of sp³-hybridized carbons (Fsp3) is 0.727. The van der Waals surface area contributed by atoms with E-state index in [9.17, 15) is 4.79 Å². The molecule has 0 bridgehead atoms. The molecule has 0 aromatic rings. The summed E-state index contributed by atoms with van der Waals surface area (Å²) >= 11 is 0. The molecule has 0 fully saturated rings. The van der Waals surface area contributed by atoms with Crippen molar-refractivity contribution in [2.75, 3.05) is 19.6 Å². The third kappa shape index (κ3) is 4.42. The molecule has 2 N–H and O–H groups in total. The van der Waals surface area contributed by atoms with Crippen molar-refractivity contribution in [3.8, 4) is 0 Å². The molecule has 0 unspecified atom stereocenters. The van der Waals surface area contributed by atoms with Gasteiger partial charge in [0.25, 0.3) is 0 Å². The number of carbonyl (C=O) groups excluding carboxylic acids is 1. The van der Waals surface area contributed by atoms with E-state index in [1.807, 2.05) is 0 Å². The van der Waals surface area contributed by atoms with Gasteiger partial charge in [0.15, 0.2) is 0 Å². The lowest BCUT2D eigenvalue weighted by Crippen LogP contribution is -2.41. The zero-order valence-corrected chi connectivity index (χ0v) is 9.55. The van der Waals surface area contributed by atoms with Crippen molar-refractivity contribution >= 4 is 5.91 Å². The molecule has 0 aromatic carbocycles. The SMILES string of the molecule is C=CC(=O)N(CCC)CC(C)(C)CN. The summed E-state index contributed by atoms with van der Waals surface area (Å²) in [7, 11) is 0. The van der Waals surface area contributed by atoms with E-state index >= 15 is 0 Å². The van der Waals surface area contributed by atoms with Gasteiger partial charge >= 0.3 is 0 Å². The van der Waals surface area contributed by atoms with Crippen LogP contribution in [0.5, 0.6) is 0 Å². The summed E-state index contributed by atoms with van der Waals surface area (Å²) in [5, 5.41) is 0. The first-order chi connectivity index (χ1) is 6.46. The van der Waals surface area contributed by atoms with Crippen molar-refractivity contribution in [1.29, 1.82) is 0 Å². The van der Waals surface area contributed by atoms with Gasteiger partial charge in [-0.3, -0.25) is 4.79 Å². The maximum Gasteiger partial charge on any atom is 0.245 e. The maximum atomic E-state index is 11.5. The fourth-order valence-electron chi connectivity index (χ4n) is 1.25. The molecule has 0 saturated heterocycles. The van der Waals surface area contributed by atoms with Crippen molar-refractivity contribution in [3.05, 3.63) is 12.7 Å². The lowest BCUT2D eigenvalue weighted by molar-refractivity contribution is -0.127. The second-order valence-corrected chi connectivity index (χ2v) is 4.33. The largest absolute Gasteiger partial charge is 0.339 e. The predicted octanol–water partition coefficient (Wildman–Crippen LogP) is 1.40. The summed E-state index contributed by atoms with van der Waals surface area (Å²) in [4.78, 5) is 13.3. The van der Waals surface area contributed by atoms with Crippen LogP contribution in [0.25, 0.3) is 0 Å². The van der Waals surface area contributed by atoms with Gasteiger partial charge in [0, 0.05) is 13.1 Å². The molecule has 82 valence electrons. The highest BCUT2D eigenvalue weighted by atomic mass is 16.2. The van der Waals surface area contributed by atoms with Crippen LogP contribution in [0.1, 0.15) is 27.2 Å². The quantitative estimate of drug-likeness (QED) is 0.656. The van der Waals surface area contributed by atoms with E-state index < -0.39 is 0 Å². The van der Waals surface area contributed by atoms with E-state index in [4.69, 9.17) is 5.73 Å². The lowest BCUT2D eigenvalue weighted by Gasteiger charge is -2.31. The van der Waals surface area contributed by atoms with Gasteiger partial charge in [-0.05, 0) is 24.5 Å². The number of amides is 1. The van der Waals surface area contributed by atoms with Crippen LogP contribution in [0.4, 0.5) is 0 Å². The molecule has 3 heteroatoms. The summed E-state index contributed by atoms with van der Waals surface area (Å²) in [6.07, 6.45) is 2.32. The summed E-state index contributed by atoms with van der Waals surface area (Å²) < 4.78 is 0. The van der Waals surface area contributed by atoms with Gasteiger partial charge in [0.2, 0.25) is 5.91 Å². The summed E-state index contributed by atoms with van der Waals surface area (Å²) in [6, 6.07) is 0. The Morgan fingerprint density at radius 2 is 2.14 bits per heavy atom. The summed E-state index contributed by atoms with van der Waals surface area (Å²) in [5.74, 6) is -0.00613. The van der Waals surface area contributed by atoms with Crippen LogP contribution >= 0.6 is 0 Å². The highest BCUT2D eigenvalue weighted by Gasteiger charge is 2.21. The van der Waals surface area contributed by atoms with Gasteiger partial charge in [-0.25, -0.2) is 0 Å². The minimum absolute atomic E-state index is 0.00613. The van der Waals surface area contributed by atoms with Crippen molar-refractivity contribution in [1.82, 2.24) is 4.90 Å². The lowest BCUT2D eigenvalue weighted by atomic mass is 9.93. The minimum Gasteiger partial charge on any atom is -0.339 e. The Morgan fingerprint density at radius 3 is 2.50 bits per heavy atom. The van der Waals surface area contributed by atoms with Crippen LogP contribution in [0, 0.1) is 5.41 Å². The molecule has 0 spiro atoms. The van der Waals surface area contributed by atoms with Crippen molar-refractivity contribution in [2.45, 2.75) is 27.2 Å². The van der Waals surface area contributed by atoms with Crippen molar-refractivity contribution < 1.29 is 4.79 Å². The number of nitrogens with zero attached hydrogens (tertiary/aromatic N) is 1. The number of nitrogens with two attached hydrogens (primary N) is 1. The molecule has 1 amide bonds. The van der Waals surface area contributed by atoms with Crippen LogP contribution < -0.4 is 5.73 Å². The first-order valence-corrected chi connectivity index (χ1v) is 5.08. The van der Waals surface area contributed by atoms with Gasteiger partial charge in [-0.2, -0.15) is 0 Å². The van der Waals surface area contributed by atoms with Gasteiger partial charge < -0.3 is 10.6 Å². The van der Waals surface area contributed by atoms with E-state index in [0.717, 1.165) is 13.0 Å². The fourth-order valence-corrected chi connectivity index (χ4v) is 1.25. The first-order valence-electron chi connectivity index (χ1n) is 5.08. The zero-order valence-electron chi connectivity index (χ0n) is 9.55. The molecule has 0 aliphatic carbocycles. The molecule has 3 nitrogen and oxygen atoms in total. The summed E-state index contributed by atoms with van der Waals surface area (Å²) in [5.41, 5.74) is 5.61. The monoisotopic (exact) mass is 198 g/mol. The van der Waals surface area contributed by atoms with Gasteiger partial charge in [-0.15, -0.1) is 0 Å². The Hall–Kier alpha value is -0.830. The number of rotatable bonds is 6. The molecule has 0 saturated carbocycles. The average molecular weight is 198 g/mol. The number of carbonyl (C=O) groups is 1. The maximum absolute atomic E-state index is 11.5. The van der Waals surface area contributed by atoms with E-state index in [1.165, 1.54) is 6.08 Å². The first kappa shape index (κ1) is 13.2. The van der Waals surface area contributed by atoms with E-state index in [0.29, 0.717) is 13.1 Å². The standard InChI is InChI=1S/C11H22N2O/c1-5-7-13(10(14)6-2)9-11(3,4)8-12/h6H,2,5,7-9,12H2,1,3-4H3. The third-order valence-corrected chi connectivity index (χ3v) is 2.15. The third-order valence-electron chi connectivity index (χ3n) is 2.15. The molecule has 0 aromatic heterocycles. The van der Waals surface area contributed by atoms with Gasteiger partial charge in [0.05, 0.1) is 0 Å². The van der Waals surface area contributed by atoms with Gasteiger partial charge in [0.1, 0.15) is 0 Å². The van der Waals surface area contributed by atoms with Crippen LogP contribution in [-0.4, -0.2) is 30.4 Å². The van der Waals surface area contributed by atoms with E-state index in [1.54, 1.807) is 4.90 Å². The Kier molecular flexibility index (Phi) is 5.46. The highest BCUT2D eigenvalue weighted by molar-refractivity contribution is 5.87. The molecule has 0 radical (unpaired) electrons. The minimum atomic E-state index is -0.0200. The highest BCUT2D eigenvalue weighted by Crippen LogP contribution is 2.15. The number of hydrogen-bond donors (Lipinski definition) is 1. The molecule has 0 aliphatic rings. The number of hydrogen-bond acceptors (Lipinski definition) is 2. The Labute approximate surface area is 87.0 Å². The van der Waals surface area contributed by atoms with E-state index in [-0.39, 0.29) is 11.3 Å². The zero-order chi connectivity index (χ0) is 11.2. The Morgan fingerprint density at radius 1 is 1.57 bits per heavy atom. The average Bonchev–Trinajstić information content (AvgIpc) is 2.16. The molecule has 0 aliphatic heterocycles. The van der Waals surface area contributed by atoms with Crippen LogP contribution in [-0.2, 0) is 4.79 Å². The molecule has 0 atom stereocenters. The second-order valence-electron chi connectivity index (χ2n) is 4.33. The van der Waals surface area contributed by atoms with E-state index in [2.05, 4.69) is 27.4 Å². The molecule has 0 heterocycles. The van der Waals surface area contributed by atoms with Crippen LogP contribution in [0.3, 0.4) is 0 Å². The molecular weight excluding hydrogens is 176 g/mol. The van der Waals surface area contributed by atoms with Crippen LogP contribution in [0.2, 0.25) is 0 Å². The normalized spacial score (nSPS) is 11.1. The molecule has 0 rings (SSSR count).